The largest absolute Gasteiger partial charge is 0.294 e. The van der Waals surface area contributed by atoms with Crippen LogP contribution in [0.2, 0.25) is 0 Å². The number of carbonyl (C=O) groups excluding carboxylic acids is 2. The third-order valence-electron chi connectivity index (χ3n) is 3.77. The Labute approximate surface area is 133 Å². The van der Waals surface area contributed by atoms with Gasteiger partial charge in [-0.2, -0.15) is 0 Å². The van der Waals surface area contributed by atoms with Gasteiger partial charge in [-0.1, -0.05) is 19.9 Å². The summed E-state index contributed by atoms with van der Waals surface area (Å²) in [5.41, 5.74) is 1.16. The molecule has 0 saturated carbocycles. The number of fused-ring (bicyclic) bond motifs is 1. The van der Waals surface area contributed by atoms with Crippen molar-refractivity contribution in [3.05, 3.63) is 53.1 Å². The van der Waals surface area contributed by atoms with Gasteiger partial charge in [0.25, 0.3) is 5.91 Å². The Balaban J connectivity index is 1.85. The van der Waals surface area contributed by atoms with Crippen LogP contribution in [0.3, 0.4) is 0 Å². The molecule has 1 aromatic heterocycles. The monoisotopic (exact) mass is 313 g/mol. The van der Waals surface area contributed by atoms with Crippen molar-refractivity contribution in [2.45, 2.75) is 26.7 Å². The number of halogens is 1. The lowest BCUT2D eigenvalue weighted by molar-refractivity contribution is 0.0909. The summed E-state index contributed by atoms with van der Waals surface area (Å²) in [5.74, 6) is -0.857. The van der Waals surface area contributed by atoms with Gasteiger partial charge in [0.05, 0.1) is 11.3 Å². The molecule has 5 nitrogen and oxygen atoms in total. The van der Waals surface area contributed by atoms with E-state index < -0.39 is 11.7 Å². The van der Waals surface area contributed by atoms with E-state index in [-0.39, 0.29) is 22.7 Å². The summed E-state index contributed by atoms with van der Waals surface area (Å²) in [6.45, 7) is 4.00. The smallest absolute Gasteiger partial charge is 0.258 e. The number of amides is 1. The van der Waals surface area contributed by atoms with E-state index in [1.807, 2.05) is 13.8 Å². The van der Waals surface area contributed by atoms with Crippen molar-refractivity contribution in [2.24, 2.45) is 5.41 Å². The van der Waals surface area contributed by atoms with Crippen LogP contribution in [0.1, 0.15) is 46.7 Å². The number of hydrogen-bond acceptors (Lipinski definition) is 4. The van der Waals surface area contributed by atoms with E-state index in [1.165, 1.54) is 24.4 Å². The summed E-state index contributed by atoms with van der Waals surface area (Å²) < 4.78 is 13.2. The predicted molar refractivity (Wildman–Crippen MR) is 82.8 cm³/mol. The molecule has 0 radical (unpaired) electrons. The number of carbonyl (C=O) groups is 2. The van der Waals surface area contributed by atoms with Crippen molar-refractivity contribution in [2.75, 3.05) is 5.32 Å². The maximum atomic E-state index is 13.2. The molecule has 0 unspecified atom stereocenters. The van der Waals surface area contributed by atoms with Crippen LogP contribution in [-0.2, 0) is 6.42 Å². The SMILES string of the molecule is CC1(C)CC(=O)c2cnc(NC(=O)c3cccc(F)c3)nc2C1. The van der Waals surface area contributed by atoms with Gasteiger partial charge in [-0.3, -0.25) is 14.9 Å². The quantitative estimate of drug-likeness (QED) is 0.925. The van der Waals surface area contributed by atoms with E-state index in [9.17, 15) is 14.0 Å². The Morgan fingerprint density at radius 1 is 1.30 bits per heavy atom. The minimum Gasteiger partial charge on any atom is -0.294 e. The zero-order valence-corrected chi connectivity index (χ0v) is 12.9. The number of hydrogen-bond donors (Lipinski definition) is 1. The van der Waals surface area contributed by atoms with Crippen molar-refractivity contribution in [3.8, 4) is 0 Å². The van der Waals surface area contributed by atoms with E-state index in [2.05, 4.69) is 15.3 Å². The van der Waals surface area contributed by atoms with Crippen LogP contribution in [0.25, 0.3) is 0 Å². The molecule has 6 heteroatoms. The first-order valence-corrected chi connectivity index (χ1v) is 7.30. The van der Waals surface area contributed by atoms with Gasteiger partial charge in [-0.05, 0) is 30.0 Å². The average Bonchev–Trinajstić information content (AvgIpc) is 2.45. The Bertz CT molecular complexity index is 802. The van der Waals surface area contributed by atoms with Crippen molar-refractivity contribution in [1.29, 1.82) is 0 Å². The first kappa shape index (κ1) is 15.3. The Kier molecular flexibility index (Phi) is 3.67. The minimum atomic E-state index is -0.495. The number of rotatable bonds is 2. The summed E-state index contributed by atoms with van der Waals surface area (Å²) in [6.07, 6.45) is 2.54. The zero-order chi connectivity index (χ0) is 16.6. The average molecular weight is 313 g/mol. The first-order valence-electron chi connectivity index (χ1n) is 7.30. The number of aromatic nitrogens is 2. The van der Waals surface area contributed by atoms with Crippen molar-refractivity contribution in [1.82, 2.24) is 9.97 Å². The van der Waals surface area contributed by atoms with Crippen molar-refractivity contribution in [3.63, 3.8) is 0 Å². The van der Waals surface area contributed by atoms with E-state index >= 15 is 0 Å². The normalized spacial score (nSPS) is 15.9. The summed E-state index contributed by atoms with van der Waals surface area (Å²) in [4.78, 5) is 32.5. The van der Waals surface area contributed by atoms with Crippen LogP contribution in [0.5, 0.6) is 0 Å². The van der Waals surface area contributed by atoms with E-state index in [4.69, 9.17) is 0 Å². The highest BCUT2D eigenvalue weighted by Gasteiger charge is 2.32. The molecule has 2 aromatic rings. The maximum Gasteiger partial charge on any atom is 0.258 e. The van der Waals surface area contributed by atoms with Crippen molar-refractivity contribution < 1.29 is 14.0 Å². The van der Waals surface area contributed by atoms with Crippen LogP contribution >= 0.6 is 0 Å². The highest BCUT2D eigenvalue weighted by atomic mass is 19.1. The molecule has 1 aromatic carbocycles. The van der Waals surface area contributed by atoms with Gasteiger partial charge in [0.15, 0.2) is 5.78 Å². The molecule has 0 atom stereocenters. The highest BCUT2D eigenvalue weighted by Crippen LogP contribution is 2.33. The second-order valence-corrected chi connectivity index (χ2v) is 6.46. The molecule has 1 amide bonds. The molecule has 0 spiro atoms. The Hall–Kier alpha value is -2.63. The molecule has 23 heavy (non-hydrogen) atoms. The molecular formula is C17H16FN3O2. The predicted octanol–water partition coefficient (Wildman–Crippen LogP) is 3.02. The van der Waals surface area contributed by atoms with Gasteiger partial charge < -0.3 is 0 Å². The molecule has 118 valence electrons. The first-order chi connectivity index (χ1) is 10.8. The van der Waals surface area contributed by atoms with Crippen LogP contribution in [0.15, 0.2) is 30.5 Å². The second kappa shape index (κ2) is 5.53. The van der Waals surface area contributed by atoms with Crippen LogP contribution in [-0.4, -0.2) is 21.7 Å². The number of nitrogens with zero attached hydrogens (tertiary/aromatic N) is 2. The third kappa shape index (κ3) is 3.26. The van der Waals surface area contributed by atoms with Crippen LogP contribution in [0.4, 0.5) is 10.3 Å². The van der Waals surface area contributed by atoms with Gasteiger partial charge in [-0.25, -0.2) is 14.4 Å². The summed E-state index contributed by atoms with van der Waals surface area (Å²) >= 11 is 0. The molecule has 0 bridgehead atoms. The molecular weight excluding hydrogens is 297 g/mol. The van der Waals surface area contributed by atoms with E-state index in [1.54, 1.807) is 0 Å². The maximum absolute atomic E-state index is 13.2. The molecule has 0 fully saturated rings. The number of benzene rings is 1. The standard InChI is InChI=1S/C17H16FN3O2/c1-17(2)7-13-12(14(22)8-17)9-19-16(20-13)21-15(23)10-4-3-5-11(18)6-10/h3-6,9H,7-8H2,1-2H3,(H,19,20,21,23). The summed E-state index contributed by atoms with van der Waals surface area (Å²) in [7, 11) is 0. The topological polar surface area (TPSA) is 72.0 Å². The Morgan fingerprint density at radius 2 is 2.09 bits per heavy atom. The molecule has 0 saturated heterocycles. The summed E-state index contributed by atoms with van der Waals surface area (Å²) in [5, 5.41) is 2.54. The van der Waals surface area contributed by atoms with E-state index in [0.29, 0.717) is 24.1 Å². The van der Waals surface area contributed by atoms with Gasteiger partial charge in [0.1, 0.15) is 5.82 Å². The molecule has 1 heterocycles. The van der Waals surface area contributed by atoms with Gasteiger partial charge >= 0.3 is 0 Å². The number of ketones is 1. The zero-order valence-electron chi connectivity index (χ0n) is 12.9. The number of nitrogens with one attached hydrogen (secondary N) is 1. The fraction of sp³-hybridized carbons (Fsp3) is 0.294. The van der Waals surface area contributed by atoms with Gasteiger partial charge in [0.2, 0.25) is 5.95 Å². The fourth-order valence-electron chi connectivity index (χ4n) is 2.69. The number of anilines is 1. The molecule has 3 rings (SSSR count). The van der Waals surface area contributed by atoms with E-state index in [0.717, 1.165) is 6.07 Å². The molecule has 1 aliphatic carbocycles. The summed E-state index contributed by atoms with van der Waals surface area (Å²) in [6, 6.07) is 5.36. The van der Waals surface area contributed by atoms with Crippen LogP contribution in [0, 0.1) is 11.2 Å². The van der Waals surface area contributed by atoms with Crippen LogP contribution < -0.4 is 5.32 Å². The lowest BCUT2D eigenvalue weighted by atomic mass is 9.76. The van der Waals surface area contributed by atoms with Gasteiger partial charge in [-0.15, -0.1) is 0 Å². The second-order valence-electron chi connectivity index (χ2n) is 6.46. The third-order valence-corrected chi connectivity index (χ3v) is 3.77. The molecule has 1 aliphatic rings. The lowest BCUT2D eigenvalue weighted by Gasteiger charge is -2.29. The van der Waals surface area contributed by atoms with Crippen molar-refractivity contribution >= 4 is 17.6 Å². The van der Waals surface area contributed by atoms with Gasteiger partial charge in [0, 0.05) is 18.2 Å². The number of Topliss-reactive ketones (excluding diaryl/α,β-unsaturated/α-hetero) is 1. The highest BCUT2D eigenvalue weighted by molar-refractivity contribution is 6.03. The fourth-order valence-corrected chi connectivity index (χ4v) is 2.69. The lowest BCUT2D eigenvalue weighted by Crippen LogP contribution is -2.28. The molecule has 0 aliphatic heterocycles. The Morgan fingerprint density at radius 3 is 2.83 bits per heavy atom. The minimum absolute atomic E-state index is 0.0132. The molecule has 1 N–H and O–H groups in total.